The fourth-order valence-corrected chi connectivity index (χ4v) is 2.68. The fourth-order valence-electron chi connectivity index (χ4n) is 2.68. The number of aliphatic hydroxyl groups is 2. The van der Waals surface area contributed by atoms with Gasteiger partial charge in [-0.25, -0.2) is 9.97 Å². The summed E-state index contributed by atoms with van der Waals surface area (Å²) in [5.74, 6) is 0.298. The number of hydrogen-bond donors (Lipinski definition) is 3. The van der Waals surface area contributed by atoms with Gasteiger partial charge in [-0.2, -0.15) is 0 Å². The number of rotatable bonds is 4. The van der Waals surface area contributed by atoms with Gasteiger partial charge in [0.05, 0.1) is 18.1 Å². The molecule has 22 heavy (non-hydrogen) atoms. The van der Waals surface area contributed by atoms with Gasteiger partial charge in [0.15, 0.2) is 0 Å². The molecular weight excluding hydrogens is 288 g/mol. The molecule has 1 fully saturated rings. The smallest absolute Gasteiger partial charge is 0.148 e. The molecule has 116 valence electrons. The predicted octanol–water partition coefficient (Wildman–Crippen LogP) is -0.134. The summed E-state index contributed by atoms with van der Waals surface area (Å²) >= 11 is 0. The summed E-state index contributed by atoms with van der Waals surface area (Å²) in [4.78, 5) is 18.7. The van der Waals surface area contributed by atoms with Crippen LogP contribution in [0.1, 0.15) is 18.2 Å². The maximum absolute atomic E-state index is 10.5. The summed E-state index contributed by atoms with van der Waals surface area (Å²) < 4.78 is 7.38. The number of carbonyl (C=O) groups excluding carboxylic acids is 1. The quantitative estimate of drug-likeness (QED) is 0.531. The largest absolute Gasteiger partial charge is 0.394 e. The Morgan fingerprint density at radius 1 is 1.50 bits per heavy atom. The van der Waals surface area contributed by atoms with Crippen molar-refractivity contribution >= 4 is 29.2 Å². The third-order valence-corrected chi connectivity index (χ3v) is 3.72. The number of nitrogens with zero attached hydrogens (tertiary/aromatic N) is 3. The molecule has 3 heterocycles. The van der Waals surface area contributed by atoms with Gasteiger partial charge in [0, 0.05) is 18.2 Å². The van der Waals surface area contributed by atoms with Gasteiger partial charge in [0.25, 0.3) is 0 Å². The molecule has 3 atom stereocenters. The Morgan fingerprint density at radius 3 is 3.00 bits per heavy atom. The van der Waals surface area contributed by atoms with Crippen LogP contribution in [0.4, 0.5) is 5.82 Å². The normalized spacial score (nSPS) is 25.3. The van der Waals surface area contributed by atoms with Gasteiger partial charge < -0.3 is 25.3 Å². The zero-order valence-electron chi connectivity index (χ0n) is 11.7. The van der Waals surface area contributed by atoms with Gasteiger partial charge >= 0.3 is 0 Å². The van der Waals surface area contributed by atoms with Gasteiger partial charge in [-0.05, 0) is 12.2 Å². The molecule has 0 aliphatic carbocycles. The average molecular weight is 304 g/mol. The van der Waals surface area contributed by atoms with Crippen molar-refractivity contribution in [1.29, 1.82) is 0 Å². The Morgan fingerprint density at radius 2 is 2.32 bits per heavy atom. The van der Waals surface area contributed by atoms with Crippen LogP contribution in [-0.4, -0.2) is 49.8 Å². The standard InChI is InChI=1S/C14H16N4O4/c15-13-12-8(2-1-3-19)5-18(14(12)17-7-16-13)11-4-9(21)10(6-20)22-11/h1-3,5,7,9-11,20-21H,4,6H2,(H2,15,16,17)/b2-1-/t9-,10+,11?/m0/s1. The number of aldehydes is 1. The van der Waals surface area contributed by atoms with Crippen LogP contribution in [0.25, 0.3) is 17.1 Å². The zero-order chi connectivity index (χ0) is 15.7. The molecule has 1 saturated heterocycles. The van der Waals surface area contributed by atoms with Crippen molar-refractivity contribution in [3.8, 4) is 0 Å². The van der Waals surface area contributed by atoms with Crippen molar-refractivity contribution in [2.75, 3.05) is 12.3 Å². The van der Waals surface area contributed by atoms with E-state index in [1.807, 2.05) is 0 Å². The highest BCUT2D eigenvalue weighted by atomic mass is 16.5. The summed E-state index contributed by atoms with van der Waals surface area (Å²) in [6, 6.07) is 0. The summed E-state index contributed by atoms with van der Waals surface area (Å²) in [6.07, 6.45) is 5.20. The Bertz CT molecular complexity index is 727. The number of aromatic nitrogens is 3. The number of nitrogen functional groups attached to an aromatic ring is 1. The first-order valence-corrected chi connectivity index (χ1v) is 6.83. The number of nitrogens with two attached hydrogens (primary N) is 1. The molecule has 1 unspecified atom stereocenters. The van der Waals surface area contributed by atoms with Crippen LogP contribution in [0.3, 0.4) is 0 Å². The van der Waals surface area contributed by atoms with Crippen molar-refractivity contribution in [3.63, 3.8) is 0 Å². The lowest BCUT2D eigenvalue weighted by molar-refractivity contribution is -0.104. The highest BCUT2D eigenvalue weighted by Gasteiger charge is 2.35. The number of carbonyl (C=O) groups is 1. The van der Waals surface area contributed by atoms with Gasteiger partial charge in [0.2, 0.25) is 0 Å². The highest BCUT2D eigenvalue weighted by molar-refractivity contribution is 5.96. The highest BCUT2D eigenvalue weighted by Crippen LogP contribution is 2.34. The van der Waals surface area contributed by atoms with Crippen LogP contribution in [0.15, 0.2) is 18.6 Å². The van der Waals surface area contributed by atoms with Crippen molar-refractivity contribution in [2.24, 2.45) is 0 Å². The summed E-state index contributed by atoms with van der Waals surface area (Å²) in [7, 11) is 0. The summed E-state index contributed by atoms with van der Waals surface area (Å²) in [6.45, 7) is -0.258. The lowest BCUT2D eigenvalue weighted by Crippen LogP contribution is -2.24. The minimum Gasteiger partial charge on any atom is -0.394 e. The van der Waals surface area contributed by atoms with Gasteiger partial charge in [0.1, 0.15) is 36.4 Å². The third kappa shape index (κ3) is 2.37. The molecule has 4 N–H and O–H groups in total. The van der Waals surface area contributed by atoms with E-state index in [2.05, 4.69) is 9.97 Å². The van der Waals surface area contributed by atoms with E-state index in [0.717, 1.165) is 0 Å². The molecule has 0 spiro atoms. The second-order valence-corrected chi connectivity index (χ2v) is 5.06. The second kappa shape index (κ2) is 5.84. The van der Waals surface area contributed by atoms with Crippen molar-refractivity contribution in [2.45, 2.75) is 24.9 Å². The van der Waals surface area contributed by atoms with Crippen LogP contribution < -0.4 is 5.73 Å². The third-order valence-electron chi connectivity index (χ3n) is 3.72. The van der Waals surface area contributed by atoms with Crippen LogP contribution >= 0.6 is 0 Å². The molecule has 0 saturated carbocycles. The fraction of sp³-hybridized carbons (Fsp3) is 0.357. The van der Waals surface area contributed by atoms with Gasteiger partial charge in [-0.15, -0.1) is 0 Å². The average Bonchev–Trinajstić information content (AvgIpc) is 3.06. The van der Waals surface area contributed by atoms with E-state index in [4.69, 9.17) is 10.5 Å². The molecule has 8 nitrogen and oxygen atoms in total. The van der Waals surface area contributed by atoms with E-state index in [0.29, 0.717) is 35.1 Å². The first kappa shape index (κ1) is 14.6. The molecule has 1 aliphatic heterocycles. The minimum atomic E-state index is -0.749. The van der Waals surface area contributed by atoms with Crippen molar-refractivity contribution in [3.05, 3.63) is 24.2 Å². The van der Waals surface area contributed by atoms with Crippen molar-refractivity contribution < 1.29 is 19.7 Å². The van der Waals surface area contributed by atoms with Crippen molar-refractivity contribution in [1.82, 2.24) is 14.5 Å². The summed E-state index contributed by atoms with van der Waals surface area (Å²) in [5.41, 5.74) is 7.14. The first-order chi connectivity index (χ1) is 10.7. The van der Waals surface area contributed by atoms with Crippen LogP contribution in [0.2, 0.25) is 0 Å². The maximum atomic E-state index is 10.5. The van der Waals surface area contributed by atoms with E-state index in [-0.39, 0.29) is 6.61 Å². The molecular formula is C14H16N4O4. The van der Waals surface area contributed by atoms with E-state index in [9.17, 15) is 15.0 Å². The summed E-state index contributed by atoms with van der Waals surface area (Å²) in [5, 5.41) is 19.7. The van der Waals surface area contributed by atoms with Gasteiger partial charge in [-0.1, -0.05) is 0 Å². The molecule has 2 aromatic heterocycles. The van der Waals surface area contributed by atoms with E-state index in [1.165, 1.54) is 12.4 Å². The molecule has 2 aromatic rings. The van der Waals surface area contributed by atoms with E-state index < -0.39 is 18.4 Å². The van der Waals surface area contributed by atoms with Gasteiger partial charge in [-0.3, -0.25) is 4.79 Å². The lowest BCUT2D eigenvalue weighted by atomic mass is 10.2. The van der Waals surface area contributed by atoms with E-state index in [1.54, 1.807) is 16.8 Å². The molecule has 0 radical (unpaired) electrons. The number of allylic oxidation sites excluding steroid dienone is 1. The Kier molecular flexibility index (Phi) is 3.88. The second-order valence-electron chi connectivity index (χ2n) is 5.06. The number of ether oxygens (including phenoxy) is 1. The maximum Gasteiger partial charge on any atom is 0.148 e. The minimum absolute atomic E-state index is 0.258. The monoisotopic (exact) mass is 304 g/mol. The molecule has 1 aliphatic rings. The van der Waals surface area contributed by atoms with Crippen LogP contribution in [-0.2, 0) is 9.53 Å². The Hall–Kier alpha value is -2.29. The molecule has 0 amide bonds. The SMILES string of the molecule is Nc1ncnc2c1c(/C=C\C=O)cn2C1C[C@H](O)[C@@H](CO)O1. The Labute approximate surface area is 125 Å². The zero-order valence-corrected chi connectivity index (χ0v) is 11.7. The number of fused-ring (bicyclic) bond motifs is 1. The molecule has 3 rings (SSSR count). The van der Waals surface area contributed by atoms with Crippen LogP contribution in [0.5, 0.6) is 0 Å². The molecule has 0 bridgehead atoms. The molecule has 8 heteroatoms. The number of aliphatic hydroxyl groups excluding tert-OH is 2. The lowest BCUT2D eigenvalue weighted by Gasteiger charge is -2.14. The molecule has 0 aromatic carbocycles. The number of hydrogen-bond acceptors (Lipinski definition) is 7. The van der Waals surface area contributed by atoms with Crippen LogP contribution in [0, 0.1) is 0 Å². The predicted molar refractivity (Wildman–Crippen MR) is 78.7 cm³/mol. The Balaban J connectivity index is 2.09. The van der Waals surface area contributed by atoms with E-state index >= 15 is 0 Å². The first-order valence-electron chi connectivity index (χ1n) is 6.83. The topological polar surface area (TPSA) is 123 Å². The number of anilines is 1.